The van der Waals surface area contributed by atoms with Gasteiger partial charge < -0.3 is 4.98 Å². The fraction of sp³-hybridized carbons (Fsp3) is 0.356. The molecule has 0 bridgehead atoms. The van der Waals surface area contributed by atoms with Gasteiger partial charge in [-0.25, -0.2) is 15.0 Å². The Kier molecular flexibility index (Phi) is 8.36. The topological polar surface area (TPSA) is 64.3 Å². The van der Waals surface area contributed by atoms with E-state index in [2.05, 4.69) is 169 Å². The first-order valence-corrected chi connectivity index (χ1v) is 18.3. The second-order valence-corrected chi connectivity index (χ2v) is 16.8. The summed E-state index contributed by atoms with van der Waals surface area (Å²) in [6, 6.07) is 26.7. The lowest BCUT2D eigenvalue weighted by molar-refractivity contribution is 0.296. The van der Waals surface area contributed by atoms with Gasteiger partial charge in [0.25, 0.3) is 0 Å². The number of rotatable bonds is 8. The van der Waals surface area contributed by atoms with Gasteiger partial charge in [0.1, 0.15) is 5.82 Å². The Morgan fingerprint density at radius 3 is 2.00 bits per heavy atom. The average Bonchev–Trinajstić information content (AvgIpc) is 3.85. The van der Waals surface area contributed by atoms with Crippen LogP contribution in [0.3, 0.4) is 0 Å². The minimum absolute atomic E-state index is 0.0161. The Morgan fingerprint density at radius 2 is 1.31 bits per heavy atom. The predicted octanol–water partition coefficient (Wildman–Crippen LogP) is 11.6. The van der Waals surface area contributed by atoms with Gasteiger partial charge in [-0.15, -0.1) is 0 Å². The summed E-state index contributed by atoms with van der Waals surface area (Å²) >= 11 is 0. The predicted molar refractivity (Wildman–Crippen MR) is 213 cm³/mol. The Balaban J connectivity index is 1.32. The second kappa shape index (κ2) is 12.4. The third-order valence-corrected chi connectivity index (χ3v) is 11.5. The molecule has 3 aromatic carbocycles. The molecule has 0 amide bonds. The quantitative estimate of drug-likeness (QED) is 0.174. The molecule has 0 fully saturated rings. The van der Waals surface area contributed by atoms with Crippen molar-refractivity contribution in [2.24, 2.45) is 0 Å². The molecule has 0 aliphatic carbocycles. The zero-order valence-corrected chi connectivity index (χ0v) is 32.1. The van der Waals surface area contributed by atoms with Crippen molar-refractivity contribution in [3.05, 3.63) is 126 Å². The molecule has 262 valence electrons. The molecule has 0 aliphatic heterocycles. The largest absolute Gasteiger partial charge is 0.339 e. The van der Waals surface area contributed by atoms with E-state index in [4.69, 9.17) is 15.0 Å². The van der Waals surface area contributed by atoms with Gasteiger partial charge in [0, 0.05) is 52.1 Å². The van der Waals surface area contributed by atoms with Crippen molar-refractivity contribution in [1.29, 1.82) is 0 Å². The fourth-order valence-electron chi connectivity index (χ4n) is 7.51. The van der Waals surface area contributed by atoms with Crippen LogP contribution in [0.1, 0.15) is 116 Å². The molecule has 4 aromatic heterocycles. The van der Waals surface area contributed by atoms with Gasteiger partial charge in [0.05, 0.1) is 16.7 Å². The molecular weight excluding hydrogens is 625 g/mol. The first-order valence-electron chi connectivity index (χ1n) is 18.3. The van der Waals surface area contributed by atoms with Gasteiger partial charge in [-0.2, -0.15) is 0 Å². The molecule has 0 spiro atoms. The normalized spacial score (nSPS) is 13.0. The van der Waals surface area contributed by atoms with Gasteiger partial charge in [0.2, 0.25) is 0 Å². The lowest BCUT2D eigenvalue weighted by Gasteiger charge is -2.41. The highest BCUT2D eigenvalue weighted by atomic mass is 15.1. The summed E-state index contributed by atoms with van der Waals surface area (Å²) in [5.74, 6) is 3.27. The summed E-state index contributed by atoms with van der Waals surface area (Å²) in [5.41, 5.74) is 9.15. The molecule has 51 heavy (non-hydrogen) atoms. The van der Waals surface area contributed by atoms with E-state index in [0.29, 0.717) is 11.8 Å². The number of para-hydroxylation sites is 2. The van der Waals surface area contributed by atoms with Crippen LogP contribution in [-0.4, -0.2) is 29.1 Å². The number of nitrogens with zero attached hydrogens (tertiary/aromatic N) is 5. The molecule has 1 N–H and O–H groups in total. The zero-order valence-electron chi connectivity index (χ0n) is 32.1. The number of benzene rings is 3. The van der Waals surface area contributed by atoms with Crippen molar-refractivity contribution in [3.63, 3.8) is 0 Å². The summed E-state index contributed by atoms with van der Waals surface area (Å²) < 4.78 is 4.56. The minimum Gasteiger partial charge on any atom is -0.339 e. The van der Waals surface area contributed by atoms with Crippen LogP contribution in [0.5, 0.6) is 0 Å². The molecule has 4 heterocycles. The molecular formula is C45H52N6. The van der Waals surface area contributed by atoms with Crippen molar-refractivity contribution >= 4 is 21.8 Å². The van der Waals surface area contributed by atoms with Gasteiger partial charge in [-0.1, -0.05) is 125 Å². The monoisotopic (exact) mass is 676 g/mol. The standard InChI is InChI=1S/C45H52N6/c1-28(2)32-16-14-17-33(29(3)4)40(32)50-24-23-47-42(50)41-48-27-38(49-41)45(10,11)44(8,9)31-19-20-35-34-15-12-13-18-36(34)51(37(35)25-31)39-26-30(21-22-46-39)43(5,6)7/h12-29H,1-11H3,(H,48,49). The molecule has 0 aliphatic rings. The van der Waals surface area contributed by atoms with Crippen molar-refractivity contribution in [3.8, 4) is 23.2 Å². The molecule has 0 atom stereocenters. The average molecular weight is 677 g/mol. The minimum atomic E-state index is -0.316. The van der Waals surface area contributed by atoms with E-state index in [1.165, 1.54) is 38.7 Å². The van der Waals surface area contributed by atoms with E-state index in [1.807, 2.05) is 18.6 Å². The molecule has 6 heteroatoms. The summed E-state index contributed by atoms with van der Waals surface area (Å²) in [5, 5.41) is 2.46. The summed E-state index contributed by atoms with van der Waals surface area (Å²) in [7, 11) is 0. The maximum Gasteiger partial charge on any atom is 0.180 e. The van der Waals surface area contributed by atoms with Crippen LogP contribution in [0.15, 0.2) is 97.6 Å². The summed E-state index contributed by atoms with van der Waals surface area (Å²) in [6.07, 6.45) is 7.90. The Hall–Kier alpha value is -4.97. The summed E-state index contributed by atoms with van der Waals surface area (Å²) in [4.78, 5) is 18.5. The van der Waals surface area contributed by atoms with E-state index in [-0.39, 0.29) is 16.2 Å². The Morgan fingerprint density at radius 1 is 0.627 bits per heavy atom. The third kappa shape index (κ3) is 5.69. The van der Waals surface area contributed by atoms with Gasteiger partial charge in [-0.05, 0) is 63.8 Å². The number of fused-ring (bicyclic) bond motifs is 3. The number of imidazole rings is 2. The van der Waals surface area contributed by atoms with Crippen LogP contribution in [0.2, 0.25) is 0 Å². The SMILES string of the molecule is CC(C)c1cccc(C(C)C)c1-n1ccnc1-c1ncc(C(C)(C)C(C)(C)c2ccc3c4ccccc4n(-c4cc(C(C)(C)C)ccn4)c3c2)[nH]1. The maximum absolute atomic E-state index is 4.98. The Bertz CT molecular complexity index is 2340. The van der Waals surface area contributed by atoms with E-state index < -0.39 is 0 Å². The number of aromatic nitrogens is 6. The third-order valence-electron chi connectivity index (χ3n) is 11.5. The fourth-order valence-corrected chi connectivity index (χ4v) is 7.51. The Labute approximate surface area is 303 Å². The molecule has 0 saturated heterocycles. The first-order chi connectivity index (χ1) is 24.1. The van der Waals surface area contributed by atoms with E-state index in [1.54, 1.807) is 0 Å². The lowest BCUT2D eigenvalue weighted by Crippen LogP contribution is -2.40. The molecule has 7 aromatic rings. The van der Waals surface area contributed by atoms with Crippen molar-refractivity contribution in [1.82, 2.24) is 29.1 Å². The number of aromatic amines is 1. The van der Waals surface area contributed by atoms with E-state index in [9.17, 15) is 0 Å². The van der Waals surface area contributed by atoms with Gasteiger partial charge in [0.15, 0.2) is 11.6 Å². The molecule has 6 nitrogen and oxygen atoms in total. The highest BCUT2D eigenvalue weighted by Crippen LogP contribution is 2.45. The first kappa shape index (κ1) is 34.5. The van der Waals surface area contributed by atoms with Crippen LogP contribution >= 0.6 is 0 Å². The van der Waals surface area contributed by atoms with E-state index >= 15 is 0 Å². The maximum atomic E-state index is 4.98. The van der Waals surface area contributed by atoms with Crippen LogP contribution in [0.25, 0.3) is 45.0 Å². The number of hydrogen-bond acceptors (Lipinski definition) is 3. The highest BCUT2D eigenvalue weighted by Gasteiger charge is 2.41. The van der Waals surface area contributed by atoms with Crippen LogP contribution in [0.4, 0.5) is 0 Å². The van der Waals surface area contributed by atoms with Crippen molar-refractivity contribution in [2.45, 2.75) is 104 Å². The number of H-pyrrole nitrogens is 1. The van der Waals surface area contributed by atoms with Crippen LogP contribution in [0, 0.1) is 0 Å². The van der Waals surface area contributed by atoms with Crippen LogP contribution in [-0.2, 0) is 16.2 Å². The number of nitrogens with one attached hydrogen (secondary N) is 1. The zero-order chi connectivity index (χ0) is 36.5. The summed E-state index contributed by atoms with van der Waals surface area (Å²) in [6.45, 7) is 25.1. The molecule has 0 saturated carbocycles. The second-order valence-electron chi connectivity index (χ2n) is 16.8. The molecule has 0 radical (unpaired) electrons. The lowest BCUT2D eigenvalue weighted by atomic mass is 9.62. The number of hydrogen-bond donors (Lipinski definition) is 1. The smallest absolute Gasteiger partial charge is 0.180 e. The molecule has 7 rings (SSSR count). The number of pyridine rings is 1. The highest BCUT2D eigenvalue weighted by molar-refractivity contribution is 6.09. The van der Waals surface area contributed by atoms with Crippen molar-refractivity contribution < 1.29 is 0 Å². The van der Waals surface area contributed by atoms with Crippen molar-refractivity contribution in [2.75, 3.05) is 0 Å². The van der Waals surface area contributed by atoms with Gasteiger partial charge in [-0.3, -0.25) is 9.13 Å². The van der Waals surface area contributed by atoms with E-state index in [0.717, 1.165) is 34.2 Å². The van der Waals surface area contributed by atoms with Gasteiger partial charge >= 0.3 is 0 Å². The molecule has 0 unspecified atom stereocenters. The van der Waals surface area contributed by atoms with Crippen LogP contribution < -0.4 is 0 Å².